The van der Waals surface area contributed by atoms with Gasteiger partial charge in [-0.05, 0) is 36.8 Å². The van der Waals surface area contributed by atoms with E-state index in [0.29, 0.717) is 0 Å². The van der Waals surface area contributed by atoms with Crippen LogP contribution in [0.2, 0.25) is 5.02 Å². The van der Waals surface area contributed by atoms with Gasteiger partial charge in [0.1, 0.15) is 5.82 Å². The molecule has 0 amide bonds. The van der Waals surface area contributed by atoms with E-state index in [1.54, 1.807) is 4.52 Å². The lowest BCUT2D eigenvalue weighted by atomic mass is 10.0. The van der Waals surface area contributed by atoms with Crippen molar-refractivity contribution < 1.29 is 4.74 Å². The van der Waals surface area contributed by atoms with Crippen LogP contribution in [-0.2, 0) is 4.74 Å². The highest BCUT2D eigenvalue weighted by Crippen LogP contribution is 2.25. The first-order valence-electron chi connectivity index (χ1n) is 8.71. The number of ether oxygens (including phenoxy) is 1. The summed E-state index contributed by atoms with van der Waals surface area (Å²) in [6.45, 7) is 5.91. The predicted molar refractivity (Wildman–Crippen MR) is 101 cm³/mol. The number of benzene rings is 1. The van der Waals surface area contributed by atoms with Crippen LogP contribution in [-0.4, -0.2) is 57.6 Å². The molecule has 0 spiro atoms. The molecule has 0 saturated carbocycles. The van der Waals surface area contributed by atoms with Crippen LogP contribution < -0.4 is 5.32 Å². The second kappa shape index (κ2) is 7.57. The number of rotatable bonds is 5. The fourth-order valence-corrected chi connectivity index (χ4v) is 3.45. The van der Waals surface area contributed by atoms with Crippen LogP contribution in [0.15, 0.2) is 36.4 Å². The molecule has 0 bridgehead atoms. The number of halogens is 1. The van der Waals surface area contributed by atoms with Crippen molar-refractivity contribution in [2.75, 3.05) is 38.2 Å². The van der Waals surface area contributed by atoms with Gasteiger partial charge in [0.2, 0.25) is 0 Å². The van der Waals surface area contributed by atoms with Crippen molar-refractivity contribution in [2.45, 2.75) is 13.0 Å². The zero-order valence-corrected chi connectivity index (χ0v) is 15.4. The van der Waals surface area contributed by atoms with Crippen molar-refractivity contribution in [2.24, 2.45) is 0 Å². The molecule has 1 aliphatic rings. The Hall–Kier alpha value is -2.22. The Balaban J connectivity index is 1.56. The summed E-state index contributed by atoms with van der Waals surface area (Å²) in [5.74, 6) is 1.56. The third-order valence-corrected chi connectivity index (χ3v) is 4.85. The number of nitrogens with zero attached hydrogens (tertiary/aromatic N) is 5. The average Bonchev–Trinajstić information content (AvgIpc) is 3.03. The van der Waals surface area contributed by atoms with E-state index < -0.39 is 0 Å². The number of hydrogen-bond acceptors (Lipinski definition) is 6. The first kappa shape index (κ1) is 17.2. The number of nitrogens with one attached hydrogen (secondary N) is 1. The maximum atomic E-state index is 6.22. The van der Waals surface area contributed by atoms with Crippen molar-refractivity contribution in [3.8, 4) is 0 Å². The van der Waals surface area contributed by atoms with Crippen LogP contribution in [0.5, 0.6) is 0 Å². The van der Waals surface area contributed by atoms with Crippen molar-refractivity contribution in [1.29, 1.82) is 0 Å². The molecule has 8 heteroatoms. The molecule has 1 N–H and O–H groups in total. The number of fused-ring (bicyclic) bond motifs is 1. The lowest BCUT2D eigenvalue weighted by Crippen LogP contribution is -2.41. The van der Waals surface area contributed by atoms with Gasteiger partial charge in [-0.15, -0.1) is 15.3 Å². The maximum absolute atomic E-state index is 6.22. The van der Waals surface area contributed by atoms with E-state index in [-0.39, 0.29) is 6.04 Å². The fraction of sp³-hybridized carbons (Fsp3) is 0.389. The summed E-state index contributed by atoms with van der Waals surface area (Å²) in [7, 11) is 0. The Morgan fingerprint density at radius 1 is 1.19 bits per heavy atom. The standard InChI is InChI=1S/C18H21ClN6O/c1-13-21-22-18-6-5-17(23-25(13)18)20-12-16(24-7-9-26-10-8-24)14-3-2-4-15(19)11-14/h2-6,11,16H,7-10,12H2,1H3,(H,20,23). The topological polar surface area (TPSA) is 67.6 Å². The molecule has 3 heterocycles. The van der Waals surface area contributed by atoms with E-state index in [1.165, 1.54) is 5.56 Å². The minimum atomic E-state index is 0.192. The van der Waals surface area contributed by atoms with E-state index in [0.717, 1.165) is 55.2 Å². The van der Waals surface area contributed by atoms with Crippen LogP contribution in [0.25, 0.3) is 5.65 Å². The highest BCUT2D eigenvalue weighted by molar-refractivity contribution is 6.30. The summed E-state index contributed by atoms with van der Waals surface area (Å²) < 4.78 is 7.25. The van der Waals surface area contributed by atoms with Gasteiger partial charge in [-0.3, -0.25) is 4.90 Å². The molecule has 3 aromatic rings. The number of morpholine rings is 1. The number of aryl methyl sites for hydroxylation is 1. The number of hydrogen-bond donors (Lipinski definition) is 1. The Morgan fingerprint density at radius 3 is 2.85 bits per heavy atom. The summed E-state index contributed by atoms with van der Waals surface area (Å²) >= 11 is 6.22. The lowest BCUT2D eigenvalue weighted by molar-refractivity contribution is 0.0187. The zero-order chi connectivity index (χ0) is 17.9. The highest BCUT2D eigenvalue weighted by atomic mass is 35.5. The number of aromatic nitrogens is 4. The van der Waals surface area contributed by atoms with Gasteiger partial charge in [0.15, 0.2) is 11.5 Å². The molecule has 1 unspecified atom stereocenters. The lowest BCUT2D eigenvalue weighted by Gasteiger charge is -2.35. The average molecular weight is 373 g/mol. The van der Waals surface area contributed by atoms with Crippen LogP contribution in [0, 0.1) is 6.92 Å². The van der Waals surface area contributed by atoms with Gasteiger partial charge >= 0.3 is 0 Å². The molecule has 0 aliphatic carbocycles. The molecule has 2 aromatic heterocycles. The molecule has 1 aromatic carbocycles. The van der Waals surface area contributed by atoms with Crippen LogP contribution in [0.4, 0.5) is 5.82 Å². The van der Waals surface area contributed by atoms with Crippen molar-refractivity contribution in [3.63, 3.8) is 0 Å². The van der Waals surface area contributed by atoms with Gasteiger partial charge in [-0.25, -0.2) is 0 Å². The zero-order valence-electron chi connectivity index (χ0n) is 14.6. The van der Waals surface area contributed by atoms with Gasteiger partial charge in [-0.2, -0.15) is 4.52 Å². The maximum Gasteiger partial charge on any atom is 0.178 e. The molecule has 136 valence electrons. The second-order valence-corrected chi connectivity index (χ2v) is 6.77. The quantitative estimate of drug-likeness (QED) is 0.742. The monoisotopic (exact) mass is 372 g/mol. The van der Waals surface area contributed by atoms with E-state index in [9.17, 15) is 0 Å². The summed E-state index contributed by atoms with van der Waals surface area (Å²) in [6, 6.07) is 12.1. The van der Waals surface area contributed by atoms with E-state index in [1.807, 2.05) is 37.3 Å². The van der Waals surface area contributed by atoms with Gasteiger partial charge in [-0.1, -0.05) is 23.7 Å². The molecular formula is C18H21ClN6O. The number of anilines is 1. The minimum absolute atomic E-state index is 0.192. The van der Waals surface area contributed by atoms with Crippen molar-refractivity contribution in [3.05, 3.63) is 52.8 Å². The van der Waals surface area contributed by atoms with Crippen molar-refractivity contribution in [1.82, 2.24) is 24.7 Å². The van der Waals surface area contributed by atoms with Gasteiger partial charge in [0.25, 0.3) is 0 Å². The van der Waals surface area contributed by atoms with E-state index in [4.69, 9.17) is 16.3 Å². The SMILES string of the molecule is Cc1nnc2ccc(NCC(c3cccc(Cl)c3)N3CCOCC3)nn12. The summed E-state index contributed by atoms with van der Waals surface area (Å²) in [5, 5.41) is 16.9. The van der Waals surface area contributed by atoms with Gasteiger partial charge < -0.3 is 10.1 Å². The molecule has 1 aliphatic heterocycles. The second-order valence-electron chi connectivity index (χ2n) is 6.34. The summed E-state index contributed by atoms with van der Waals surface area (Å²) in [6.07, 6.45) is 0. The van der Waals surface area contributed by atoms with E-state index >= 15 is 0 Å². The molecule has 4 rings (SSSR count). The van der Waals surface area contributed by atoms with Crippen LogP contribution >= 0.6 is 11.6 Å². The molecule has 26 heavy (non-hydrogen) atoms. The van der Waals surface area contributed by atoms with Gasteiger partial charge in [0.05, 0.1) is 19.3 Å². The molecule has 1 fully saturated rings. The fourth-order valence-electron chi connectivity index (χ4n) is 3.25. The Kier molecular flexibility index (Phi) is 5.01. The minimum Gasteiger partial charge on any atom is -0.379 e. The Labute approximate surface area is 156 Å². The molecule has 1 saturated heterocycles. The largest absolute Gasteiger partial charge is 0.379 e. The van der Waals surface area contributed by atoms with E-state index in [2.05, 4.69) is 31.6 Å². The third kappa shape index (κ3) is 3.65. The predicted octanol–water partition coefficient (Wildman–Crippen LogP) is 2.57. The third-order valence-electron chi connectivity index (χ3n) is 4.62. The van der Waals surface area contributed by atoms with Gasteiger partial charge in [0, 0.05) is 24.7 Å². The highest BCUT2D eigenvalue weighted by Gasteiger charge is 2.23. The normalized spacial score (nSPS) is 16.7. The van der Waals surface area contributed by atoms with Crippen LogP contribution in [0.1, 0.15) is 17.4 Å². The Bertz CT molecular complexity index is 892. The first-order valence-corrected chi connectivity index (χ1v) is 9.09. The Morgan fingerprint density at radius 2 is 2.04 bits per heavy atom. The summed E-state index contributed by atoms with van der Waals surface area (Å²) in [4.78, 5) is 2.42. The smallest absolute Gasteiger partial charge is 0.178 e. The molecule has 1 atom stereocenters. The molecular weight excluding hydrogens is 352 g/mol. The van der Waals surface area contributed by atoms with Crippen LogP contribution in [0.3, 0.4) is 0 Å². The molecule has 0 radical (unpaired) electrons. The first-order chi connectivity index (χ1) is 12.7. The summed E-state index contributed by atoms with van der Waals surface area (Å²) in [5.41, 5.74) is 1.93. The van der Waals surface area contributed by atoms with Crippen molar-refractivity contribution >= 4 is 23.1 Å². The molecule has 7 nitrogen and oxygen atoms in total.